The van der Waals surface area contributed by atoms with Crippen molar-refractivity contribution in [2.24, 2.45) is 0 Å². The quantitative estimate of drug-likeness (QED) is 0.573. The molecule has 2 aromatic rings. The average molecular weight is 282 g/mol. The molecule has 0 saturated carbocycles. The van der Waals surface area contributed by atoms with Crippen molar-refractivity contribution in [2.75, 3.05) is 0 Å². The van der Waals surface area contributed by atoms with Gasteiger partial charge in [0, 0.05) is 12.1 Å². The Balaban J connectivity index is 0.00000180. The number of rotatable bonds is 2. The molecule has 0 bridgehead atoms. The van der Waals surface area contributed by atoms with E-state index < -0.39 is 5.78 Å². The lowest BCUT2D eigenvalue weighted by Gasteiger charge is -2.06. The number of benzene rings is 2. The van der Waals surface area contributed by atoms with Crippen molar-refractivity contribution in [1.82, 2.24) is 0 Å². The Bertz CT molecular complexity index is 569. The summed E-state index contributed by atoms with van der Waals surface area (Å²) in [5.74, 6) is -1.71. The first-order valence-corrected chi connectivity index (χ1v) is 5.07. The van der Waals surface area contributed by atoms with Crippen LogP contribution in [0.5, 0.6) is 23.0 Å². The molecule has 0 atom stereocenters. The minimum atomic E-state index is -0.606. The summed E-state index contributed by atoms with van der Waals surface area (Å²) in [7, 11) is 0. The third-order valence-corrected chi connectivity index (χ3v) is 2.45. The fraction of sp³-hybridized carbons (Fsp3) is 0. The van der Waals surface area contributed by atoms with Crippen LogP contribution in [0.2, 0.25) is 0 Å². The summed E-state index contributed by atoms with van der Waals surface area (Å²) >= 11 is 0. The van der Waals surface area contributed by atoms with Crippen molar-refractivity contribution >= 4 is 5.78 Å². The number of ketones is 1. The standard InChI is InChI=1S/C13H10O5.2H2O/c14-7-1-3-9(11(16)5-7)13(18)10-4-2-8(15)6-12(10)17;;/h1-6,14-17H;2*1H2. The van der Waals surface area contributed by atoms with Gasteiger partial charge in [-0.15, -0.1) is 0 Å². The van der Waals surface area contributed by atoms with E-state index >= 15 is 0 Å². The van der Waals surface area contributed by atoms with Crippen LogP contribution in [0.15, 0.2) is 36.4 Å². The first kappa shape index (κ1) is 17.2. The summed E-state index contributed by atoms with van der Waals surface area (Å²) in [5.41, 5.74) is -0.0948. The van der Waals surface area contributed by atoms with E-state index in [2.05, 4.69) is 0 Å². The Labute approximate surface area is 113 Å². The van der Waals surface area contributed by atoms with Crippen LogP contribution in [0.25, 0.3) is 0 Å². The van der Waals surface area contributed by atoms with Crippen LogP contribution in [0.1, 0.15) is 15.9 Å². The SMILES string of the molecule is O.O.O=C(c1ccc(O)cc1O)c1ccc(O)cc1O. The van der Waals surface area contributed by atoms with Gasteiger partial charge in [0.2, 0.25) is 0 Å². The number of carbonyl (C=O) groups excluding carboxylic acids is 1. The summed E-state index contributed by atoms with van der Waals surface area (Å²) in [6, 6.07) is 7.07. The monoisotopic (exact) mass is 282 g/mol. The highest BCUT2D eigenvalue weighted by Gasteiger charge is 2.17. The Kier molecular flexibility index (Phi) is 5.52. The Hall–Kier alpha value is -2.77. The average Bonchev–Trinajstić information content (AvgIpc) is 2.28. The second kappa shape index (κ2) is 6.41. The number of carbonyl (C=O) groups is 1. The first-order valence-electron chi connectivity index (χ1n) is 5.07. The second-order valence-electron chi connectivity index (χ2n) is 3.73. The molecular formula is C13H14O7. The van der Waals surface area contributed by atoms with Gasteiger partial charge >= 0.3 is 0 Å². The van der Waals surface area contributed by atoms with Crippen LogP contribution in [-0.2, 0) is 0 Å². The van der Waals surface area contributed by atoms with Crippen molar-refractivity contribution in [2.45, 2.75) is 0 Å². The minimum Gasteiger partial charge on any atom is -0.508 e. The molecule has 0 heterocycles. The fourth-order valence-corrected chi connectivity index (χ4v) is 1.57. The van der Waals surface area contributed by atoms with Gasteiger partial charge in [0.05, 0.1) is 11.1 Å². The number of aromatic hydroxyl groups is 4. The fourth-order valence-electron chi connectivity index (χ4n) is 1.57. The van der Waals surface area contributed by atoms with E-state index in [4.69, 9.17) is 10.2 Å². The predicted octanol–water partition coefficient (Wildman–Crippen LogP) is 0.0906. The number of hydrogen-bond acceptors (Lipinski definition) is 5. The second-order valence-corrected chi connectivity index (χ2v) is 3.73. The molecule has 0 spiro atoms. The zero-order chi connectivity index (χ0) is 13.3. The summed E-state index contributed by atoms with van der Waals surface area (Å²) in [4.78, 5) is 12.0. The van der Waals surface area contributed by atoms with Crippen molar-refractivity contribution in [3.8, 4) is 23.0 Å². The lowest BCUT2D eigenvalue weighted by atomic mass is 10.0. The number of hydrogen-bond donors (Lipinski definition) is 4. The molecule has 8 N–H and O–H groups in total. The Morgan fingerprint density at radius 3 is 1.35 bits per heavy atom. The molecule has 0 aliphatic carbocycles. The maximum absolute atomic E-state index is 12.0. The van der Waals surface area contributed by atoms with Gasteiger partial charge in [-0.05, 0) is 24.3 Å². The van der Waals surface area contributed by atoms with Crippen LogP contribution in [-0.4, -0.2) is 37.2 Å². The van der Waals surface area contributed by atoms with Gasteiger partial charge in [-0.2, -0.15) is 0 Å². The molecule has 0 aliphatic heterocycles. The van der Waals surface area contributed by atoms with Crippen molar-refractivity contribution < 1.29 is 36.2 Å². The minimum absolute atomic E-state index is 0. The van der Waals surface area contributed by atoms with Crippen LogP contribution in [0.4, 0.5) is 0 Å². The molecule has 0 amide bonds. The highest BCUT2D eigenvalue weighted by atomic mass is 16.3. The van der Waals surface area contributed by atoms with Crippen molar-refractivity contribution in [3.05, 3.63) is 47.5 Å². The molecule has 0 fully saturated rings. The highest BCUT2D eigenvalue weighted by Crippen LogP contribution is 2.29. The zero-order valence-electron chi connectivity index (χ0n) is 10.2. The van der Waals surface area contributed by atoms with Gasteiger partial charge in [-0.1, -0.05) is 0 Å². The van der Waals surface area contributed by atoms with E-state index in [9.17, 15) is 15.0 Å². The molecule has 0 saturated heterocycles. The molecule has 2 rings (SSSR count). The van der Waals surface area contributed by atoms with Gasteiger partial charge < -0.3 is 31.4 Å². The van der Waals surface area contributed by atoms with E-state index in [-0.39, 0.29) is 45.1 Å². The van der Waals surface area contributed by atoms with E-state index in [1.54, 1.807) is 0 Å². The maximum Gasteiger partial charge on any atom is 0.200 e. The molecule has 108 valence electrons. The van der Waals surface area contributed by atoms with E-state index in [0.29, 0.717) is 0 Å². The van der Waals surface area contributed by atoms with Gasteiger partial charge in [0.25, 0.3) is 0 Å². The molecule has 7 heteroatoms. The molecule has 2 aromatic carbocycles. The highest BCUT2D eigenvalue weighted by molar-refractivity contribution is 6.12. The van der Waals surface area contributed by atoms with Gasteiger partial charge in [-0.25, -0.2) is 0 Å². The summed E-state index contributed by atoms with van der Waals surface area (Å²) in [6.07, 6.45) is 0. The summed E-state index contributed by atoms with van der Waals surface area (Å²) < 4.78 is 0. The largest absolute Gasteiger partial charge is 0.508 e. The Morgan fingerprint density at radius 2 is 1.05 bits per heavy atom. The normalized spacial score (nSPS) is 9.20. The first-order chi connectivity index (χ1) is 8.49. The van der Waals surface area contributed by atoms with E-state index in [0.717, 1.165) is 12.1 Å². The van der Waals surface area contributed by atoms with Gasteiger partial charge in [0.1, 0.15) is 23.0 Å². The molecule has 0 aliphatic rings. The summed E-state index contributed by atoms with van der Waals surface area (Å²) in [5, 5.41) is 37.4. The van der Waals surface area contributed by atoms with Crippen LogP contribution in [0, 0.1) is 0 Å². The van der Waals surface area contributed by atoms with Crippen LogP contribution < -0.4 is 0 Å². The smallest absolute Gasteiger partial charge is 0.200 e. The number of phenolic OH excluding ortho intramolecular Hbond substituents is 4. The van der Waals surface area contributed by atoms with Gasteiger partial charge in [0.15, 0.2) is 5.78 Å². The van der Waals surface area contributed by atoms with Crippen molar-refractivity contribution in [3.63, 3.8) is 0 Å². The number of phenols is 4. The summed E-state index contributed by atoms with van der Waals surface area (Å²) in [6.45, 7) is 0. The maximum atomic E-state index is 12.0. The molecule has 7 nitrogen and oxygen atoms in total. The molecule has 20 heavy (non-hydrogen) atoms. The molecule has 0 aromatic heterocycles. The molecule has 0 radical (unpaired) electrons. The van der Waals surface area contributed by atoms with Crippen LogP contribution >= 0.6 is 0 Å². The predicted molar refractivity (Wildman–Crippen MR) is 70.2 cm³/mol. The lowest BCUT2D eigenvalue weighted by Crippen LogP contribution is -2.01. The third-order valence-electron chi connectivity index (χ3n) is 2.45. The van der Waals surface area contributed by atoms with Gasteiger partial charge in [-0.3, -0.25) is 4.79 Å². The van der Waals surface area contributed by atoms with Crippen LogP contribution in [0.3, 0.4) is 0 Å². The zero-order valence-corrected chi connectivity index (χ0v) is 10.2. The van der Waals surface area contributed by atoms with E-state index in [1.807, 2.05) is 0 Å². The van der Waals surface area contributed by atoms with Crippen molar-refractivity contribution in [1.29, 1.82) is 0 Å². The van der Waals surface area contributed by atoms with E-state index in [1.165, 1.54) is 24.3 Å². The Morgan fingerprint density at radius 1 is 0.700 bits per heavy atom. The molecular weight excluding hydrogens is 268 g/mol. The third kappa shape index (κ3) is 3.16. The topological polar surface area (TPSA) is 161 Å². The lowest BCUT2D eigenvalue weighted by molar-refractivity contribution is 0.103. The molecule has 0 unspecified atom stereocenters.